The second-order valence-electron chi connectivity index (χ2n) is 8.20. The number of rotatable bonds is 6. The number of aliphatic imine (C=N–C) groups is 1. The number of sulfonamides is 1. The second-order valence-corrected chi connectivity index (χ2v) is 10.4. The smallest absolute Gasteiger partial charge is 0.311 e. The van der Waals surface area contributed by atoms with Crippen molar-refractivity contribution in [2.24, 2.45) is 10.4 Å². The largest absolute Gasteiger partial charge is 0.404 e. The van der Waals surface area contributed by atoms with E-state index in [2.05, 4.69) is 20.6 Å². The van der Waals surface area contributed by atoms with Crippen LogP contribution in [0.3, 0.4) is 0 Å². The van der Waals surface area contributed by atoms with Gasteiger partial charge in [-0.2, -0.15) is 13.2 Å². The van der Waals surface area contributed by atoms with Crippen molar-refractivity contribution in [2.75, 3.05) is 22.3 Å². The van der Waals surface area contributed by atoms with E-state index in [1.54, 1.807) is 16.9 Å². The van der Waals surface area contributed by atoms with Crippen molar-refractivity contribution >= 4 is 45.1 Å². The van der Waals surface area contributed by atoms with Gasteiger partial charge in [0, 0.05) is 17.1 Å². The van der Waals surface area contributed by atoms with Gasteiger partial charge in [0.25, 0.3) is 5.91 Å². The first kappa shape index (κ1) is 26.4. The van der Waals surface area contributed by atoms with Crippen LogP contribution in [0.2, 0.25) is 5.02 Å². The highest BCUT2D eigenvalue weighted by Crippen LogP contribution is 2.19. The number of carbonyl (C=O) groups is 1. The minimum absolute atomic E-state index is 0.0210. The van der Waals surface area contributed by atoms with E-state index in [-0.39, 0.29) is 23.0 Å². The molecule has 1 amide bonds. The summed E-state index contributed by atoms with van der Waals surface area (Å²) in [6, 6.07) is 10.1. The Hall–Kier alpha value is -2.86. The quantitative estimate of drug-likeness (QED) is 0.400. The maximum absolute atomic E-state index is 12.6. The van der Waals surface area contributed by atoms with Crippen molar-refractivity contribution in [2.45, 2.75) is 26.9 Å². The van der Waals surface area contributed by atoms with Crippen LogP contribution in [-0.2, 0) is 10.0 Å². The highest BCUT2D eigenvalue weighted by atomic mass is 35.5. The van der Waals surface area contributed by atoms with Gasteiger partial charge in [0.15, 0.2) is 5.75 Å². The predicted octanol–water partition coefficient (Wildman–Crippen LogP) is 4.28. The van der Waals surface area contributed by atoms with Gasteiger partial charge in [-0.25, -0.2) is 13.4 Å². The number of alkyl halides is 3. The first-order valence-electron chi connectivity index (χ1n) is 9.55. The van der Waals surface area contributed by atoms with Crippen LogP contribution in [0.15, 0.2) is 47.5 Å². The SMILES string of the molecule is CC(C)(C)CN=C(NC(=O)c1ccc(Cl)cc1)Nc1cccc(NS(=O)(=O)CC(F)(F)F)n1. The molecular weight excluding hydrogens is 483 g/mol. The van der Waals surface area contributed by atoms with Crippen molar-refractivity contribution in [3.8, 4) is 0 Å². The number of hydrogen-bond acceptors (Lipinski definition) is 5. The Kier molecular flexibility index (Phi) is 8.30. The molecule has 13 heteroatoms. The third-order valence-corrected chi connectivity index (χ3v) is 5.14. The van der Waals surface area contributed by atoms with E-state index < -0.39 is 27.9 Å². The van der Waals surface area contributed by atoms with E-state index in [9.17, 15) is 26.4 Å². The zero-order valence-electron chi connectivity index (χ0n) is 18.0. The average Bonchev–Trinajstić information content (AvgIpc) is 2.64. The van der Waals surface area contributed by atoms with E-state index in [0.29, 0.717) is 17.1 Å². The molecule has 1 heterocycles. The van der Waals surface area contributed by atoms with E-state index in [1.165, 1.54) is 30.3 Å². The van der Waals surface area contributed by atoms with E-state index in [0.717, 1.165) is 0 Å². The summed E-state index contributed by atoms with van der Waals surface area (Å²) in [6.45, 7) is 6.12. The lowest BCUT2D eigenvalue weighted by Gasteiger charge is -2.17. The molecule has 0 aliphatic rings. The van der Waals surface area contributed by atoms with Crippen LogP contribution < -0.4 is 15.4 Å². The fourth-order valence-corrected chi connectivity index (χ4v) is 3.36. The van der Waals surface area contributed by atoms with E-state index in [4.69, 9.17) is 11.6 Å². The van der Waals surface area contributed by atoms with E-state index in [1.807, 2.05) is 20.8 Å². The maximum Gasteiger partial charge on any atom is 0.404 e. The summed E-state index contributed by atoms with van der Waals surface area (Å²) < 4.78 is 62.6. The number of nitrogens with zero attached hydrogens (tertiary/aromatic N) is 2. The molecule has 0 fully saturated rings. The zero-order valence-corrected chi connectivity index (χ0v) is 19.6. The molecule has 0 saturated heterocycles. The molecule has 1 aromatic carbocycles. The normalized spacial score (nSPS) is 12.9. The second kappa shape index (κ2) is 10.4. The Balaban J connectivity index is 2.22. The zero-order chi connectivity index (χ0) is 24.9. The van der Waals surface area contributed by atoms with Crippen LogP contribution in [0.25, 0.3) is 0 Å². The summed E-state index contributed by atoms with van der Waals surface area (Å²) in [5.74, 6) is -2.80. The van der Waals surface area contributed by atoms with E-state index >= 15 is 0 Å². The first-order chi connectivity index (χ1) is 15.1. The Bertz CT molecular complexity index is 1120. The maximum atomic E-state index is 12.6. The fourth-order valence-electron chi connectivity index (χ4n) is 2.30. The molecule has 0 bridgehead atoms. The lowest BCUT2D eigenvalue weighted by Crippen LogP contribution is -2.37. The summed E-state index contributed by atoms with van der Waals surface area (Å²) in [7, 11) is -4.70. The molecule has 1 aromatic heterocycles. The molecule has 3 N–H and O–H groups in total. The third kappa shape index (κ3) is 10.1. The van der Waals surface area contributed by atoms with Crippen molar-refractivity contribution in [3.63, 3.8) is 0 Å². The lowest BCUT2D eigenvalue weighted by molar-refractivity contribution is -0.106. The first-order valence-corrected chi connectivity index (χ1v) is 11.6. The van der Waals surface area contributed by atoms with Crippen LogP contribution in [0.4, 0.5) is 24.8 Å². The molecule has 0 aliphatic carbocycles. The average molecular weight is 506 g/mol. The van der Waals surface area contributed by atoms with Gasteiger partial charge in [0.05, 0.1) is 0 Å². The molecule has 8 nitrogen and oxygen atoms in total. The van der Waals surface area contributed by atoms with Crippen LogP contribution >= 0.6 is 11.6 Å². The van der Waals surface area contributed by atoms with Gasteiger partial charge >= 0.3 is 6.18 Å². The summed E-state index contributed by atoms with van der Waals surface area (Å²) in [6.07, 6.45) is -4.90. The fraction of sp³-hybridized carbons (Fsp3) is 0.350. The van der Waals surface area contributed by atoms with Gasteiger partial charge in [-0.15, -0.1) is 0 Å². The number of pyridine rings is 1. The van der Waals surface area contributed by atoms with Crippen LogP contribution in [0.1, 0.15) is 31.1 Å². The molecule has 0 radical (unpaired) electrons. The minimum atomic E-state index is -4.90. The Morgan fingerprint density at radius 3 is 2.24 bits per heavy atom. The highest BCUT2D eigenvalue weighted by molar-refractivity contribution is 7.92. The Morgan fingerprint density at radius 1 is 1.06 bits per heavy atom. The molecule has 0 unspecified atom stereocenters. The molecule has 33 heavy (non-hydrogen) atoms. The standard InChI is InChI=1S/C20H23ClF3N5O3S/c1-19(2,3)11-25-18(28-17(30)13-7-9-14(21)10-8-13)27-15-5-4-6-16(26-15)29-33(31,32)12-20(22,23)24/h4-10H,11-12H2,1-3H3,(H3,25,26,27,28,29,30). The van der Waals surface area contributed by atoms with Crippen LogP contribution in [-0.4, -0.2) is 43.7 Å². The number of halogens is 4. The van der Waals surface area contributed by atoms with Gasteiger partial charge in [-0.05, 0) is 41.8 Å². The number of guanidine groups is 1. The third-order valence-electron chi connectivity index (χ3n) is 3.66. The van der Waals surface area contributed by atoms with Crippen molar-refractivity contribution in [3.05, 3.63) is 53.1 Å². The van der Waals surface area contributed by atoms with Crippen LogP contribution in [0.5, 0.6) is 0 Å². The van der Waals surface area contributed by atoms with Gasteiger partial charge < -0.3 is 5.32 Å². The van der Waals surface area contributed by atoms with Gasteiger partial charge in [-0.1, -0.05) is 38.4 Å². The molecule has 2 aromatic rings. The number of carbonyl (C=O) groups excluding carboxylic acids is 1. The molecule has 0 saturated carbocycles. The highest BCUT2D eigenvalue weighted by Gasteiger charge is 2.35. The number of benzene rings is 1. The molecule has 0 spiro atoms. The molecule has 180 valence electrons. The predicted molar refractivity (Wildman–Crippen MR) is 122 cm³/mol. The Morgan fingerprint density at radius 2 is 1.67 bits per heavy atom. The lowest BCUT2D eigenvalue weighted by atomic mass is 9.97. The van der Waals surface area contributed by atoms with Gasteiger partial charge in [0.2, 0.25) is 16.0 Å². The monoisotopic (exact) mass is 505 g/mol. The van der Waals surface area contributed by atoms with Crippen molar-refractivity contribution in [1.82, 2.24) is 10.3 Å². The number of hydrogen-bond donors (Lipinski definition) is 3. The topological polar surface area (TPSA) is 113 Å². The van der Waals surface area contributed by atoms with Gasteiger partial charge in [0.1, 0.15) is 11.6 Å². The number of anilines is 2. The molecular formula is C20H23ClF3N5O3S. The van der Waals surface area contributed by atoms with Crippen molar-refractivity contribution in [1.29, 1.82) is 0 Å². The molecule has 2 rings (SSSR count). The number of aromatic nitrogens is 1. The van der Waals surface area contributed by atoms with Crippen LogP contribution in [0, 0.1) is 5.41 Å². The summed E-state index contributed by atoms with van der Waals surface area (Å²) in [5, 5.41) is 5.82. The molecule has 0 atom stereocenters. The number of amides is 1. The summed E-state index contributed by atoms with van der Waals surface area (Å²) >= 11 is 5.84. The summed E-state index contributed by atoms with van der Waals surface area (Å²) in [4.78, 5) is 20.9. The molecule has 0 aliphatic heterocycles. The Labute approximate surface area is 194 Å². The minimum Gasteiger partial charge on any atom is -0.311 e. The van der Waals surface area contributed by atoms with Gasteiger partial charge in [-0.3, -0.25) is 19.8 Å². The summed E-state index contributed by atoms with van der Waals surface area (Å²) in [5.41, 5.74) is 0.0896. The number of nitrogens with one attached hydrogen (secondary N) is 3. The van der Waals surface area contributed by atoms with Crippen molar-refractivity contribution < 1.29 is 26.4 Å².